The third-order valence-corrected chi connectivity index (χ3v) is 2.33. The zero-order chi connectivity index (χ0) is 9.26. The average Bonchev–Trinajstić information content (AvgIpc) is 2.51. The summed E-state index contributed by atoms with van der Waals surface area (Å²) in [6, 6.07) is 5.68. The Hall–Kier alpha value is -1.03. The van der Waals surface area contributed by atoms with Crippen LogP contribution < -0.4 is 5.48 Å². The molecule has 0 atom stereocenters. The first-order valence-electron chi connectivity index (χ1n) is 3.94. The molecule has 2 rings (SSSR count). The lowest BCUT2D eigenvalue weighted by Gasteiger charge is -1.96. The van der Waals surface area contributed by atoms with Crippen LogP contribution in [0.25, 0.3) is 10.9 Å². The zero-order valence-corrected chi connectivity index (χ0v) is 7.60. The van der Waals surface area contributed by atoms with Gasteiger partial charge in [0.05, 0.1) is 10.5 Å². The molecule has 0 saturated carbocycles. The van der Waals surface area contributed by atoms with Crippen LogP contribution >= 0.6 is 11.6 Å². The highest BCUT2D eigenvalue weighted by atomic mass is 35.5. The van der Waals surface area contributed by atoms with Crippen molar-refractivity contribution >= 4 is 22.5 Å². The summed E-state index contributed by atoms with van der Waals surface area (Å²) < 4.78 is 0. The van der Waals surface area contributed by atoms with Crippen molar-refractivity contribution in [2.75, 3.05) is 0 Å². The van der Waals surface area contributed by atoms with Crippen molar-refractivity contribution in [2.24, 2.45) is 0 Å². The minimum Gasteiger partial charge on any atom is -0.360 e. The predicted molar refractivity (Wildman–Crippen MR) is 51.9 cm³/mol. The van der Waals surface area contributed by atoms with E-state index in [1.54, 1.807) is 0 Å². The number of aromatic nitrogens is 1. The standard InChI is InChI=1S/C9H9ClN2O/c10-8-3-1-2-7-6(5-12-13)4-11-9(7)8/h1-4,11-13H,5H2. The van der Waals surface area contributed by atoms with Crippen molar-refractivity contribution in [2.45, 2.75) is 6.54 Å². The highest BCUT2D eigenvalue weighted by molar-refractivity contribution is 6.35. The molecule has 1 aromatic heterocycles. The number of aromatic amines is 1. The van der Waals surface area contributed by atoms with Gasteiger partial charge in [-0.05, 0) is 11.6 Å². The lowest BCUT2D eigenvalue weighted by molar-refractivity contribution is 0.161. The highest BCUT2D eigenvalue weighted by Gasteiger charge is 2.04. The van der Waals surface area contributed by atoms with Crippen LogP contribution in [-0.2, 0) is 6.54 Å². The molecule has 13 heavy (non-hydrogen) atoms. The first-order chi connectivity index (χ1) is 6.33. The van der Waals surface area contributed by atoms with E-state index in [4.69, 9.17) is 16.8 Å². The molecule has 4 heteroatoms. The van der Waals surface area contributed by atoms with E-state index in [0.29, 0.717) is 11.6 Å². The predicted octanol–water partition coefficient (Wildman–Crippen LogP) is 2.30. The monoisotopic (exact) mass is 196 g/mol. The Morgan fingerprint density at radius 1 is 1.46 bits per heavy atom. The lowest BCUT2D eigenvalue weighted by atomic mass is 10.2. The van der Waals surface area contributed by atoms with Gasteiger partial charge in [-0.3, -0.25) is 0 Å². The molecule has 1 aromatic carbocycles. The minimum atomic E-state index is 0.417. The topological polar surface area (TPSA) is 48.0 Å². The van der Waals surface area contributed by atoms with Crippen LogP contribution in [0, 0.1) is 0 Å². The molecule has 1 heterocycles. The van der Waals surface area contributed by atoms with Gasteiger partial charge < -0.3 is 10.2 Å². The van der Waals surface area contributed by atoms with Crippen LogP contribution in [-0.4, -0.2) is 10.2 Å². The Bertz CT molecular complexity index is 424. The van der Waals surface area contributed by atoms with E-state index < -0.39 is 0 Å². The first kappa shape index (κ1) is 8.56. The maximum Gasteiger partial charge on any atom is 0.0647 e. The van der Waals surface area contributed by atoms with Crippen LogP contribution in [0.5, 0.6) is 0 Å². The molecule has 0 amide bonds. The summed E-state index contributed by atoms with van der Waals surface area (Å²) in [4.78, 5) is 3.06. The zero-order valence-electron chi connectivity index (χ0n) is 6.84. The highest BCUT2D eigenvalue weighted by Crippen LogP contribution is 2.24. The normalized spacial score (nSPS) is 10.9. The average molecular weight is 197 g/mol. The number of benzene rings is 1. The largest absolute Gasteiger partial charge is 0.360 e. The maximum atomic E-state index is 8.57. The van der Waals surface area contributed by atoms with Gasteiger partial charge in [0.15, 0.2) is 0 Å². The van der Waals surface area contributed by atoms with Gasteiger partial charge in [0.1, 0.15) is 0 Å². The summed E-state index contributed by atoms with van der Waals surface area (Å²) >= 11 is 5.96. The van der Waals surface area contributed by atoms with Gasteiger partial charge in [-0.2, -0.15) is 0 Å². The number of hydrogen-bond acceptors (Lipinski definition) is 2. The summed E-state index contributed by atoms with van der Waals surface area (Å²) in [5.74, 6) is 0. The lowest BCUT2D eigenvalue weighted by Crippen LogP contribution is -2.04. The summed E-state index contributed by atoms with van der Waals surface area (Å²) in [5.41, 5.74) is 4.03. The smallest absolute Gasteiger partial charge is 0.0647 e. The van der Waals surface area contributed by atoms with E-state index in [0.717, 1.165) is 16.5 Å². The quantitative estimate of drug-likeness (QED) is 0.646. The van der Waals surface area contributed by atoms with Crippen LogP contribution in [0.1, 0.15) is 5.56 Å². The fraction of sp³-hybridized carbons (Fsp3) is 0.111. The SMILES string of the molecule is ONCc1c[nH]c2c(Cl)cccc12. The molecule has 0 spiro atoms. The number of para-hydroxylation sites is 1. The van der Waals surface area contributed by atoms with Crippen molar-refractivity contribution in [3.63, 3.8) is 0 Å². The maximum absolute atomic E-state index is 8.57. The van der Waals surface area contributed by atoms with Gasteiger partial charge in [-0.1, -0.05) is 23.7 Å². The number of hydroxylamine groups is 1. The molecule has 0 aliphatic rings. The number of halogens is 1. The van der Waals surface area contributed by atoms with Gasteiger partial charge in [-0.15, -0.1) is 0 Å². The van der Waals surface area contributed by atoms with Crippen LogP contribution in [0.3, 0.4) is 0 Å². The summed E-state index contributed by atoms with van der Waals surface area (Å²) in [7, 11) is 0. The number of nitrogens with one attached hydrogen (secondary N) is 2. The van der Waals surface area contributed by atoms with E-state index in [1.807, 2.05) is 24.4 Å². The molecule has 2 aromatic rings. The third-order valence-electron chi connectivity index (χ3n) is 2.02. The molecule has 0 aliphatic heterocycles. The minimum absolute atomic E-state index is 0.417. The number of H-pyrrole nitrogens is 1. The van der Waals surface area contributed by atoms with Crippen molar-refractivity contribution in [1.82, 2.24) is 10.5 Å². The van der Waals surface area contributed by atoms with Crippen molar-refractivity contribution in [1.29, 1.82) is 0 Å². The van der Waals surface area contributed by atoms with Gasteiger partial charge >= 0.3 is 0 Å². The van der Waals surface area contributed by atoms with Crippen LogP contribution in [0.15, 0.2) is 24.4 Å². The van der Waals surface area contributed by atoms with E-state index in [2.05, 4.69) is 10.5 Å². The molecule has 0 aliphatic carbocycles. The van der Waals surface area contributed by atoms with E-state index in [9.17, 15) is 0 Å². The van der Waals surface area contributed by atoms with E-state index in [1.165, 1.54) is 0 Å². The molecule has 0 radical (unpaired) electrons. The Morgan fingerprint density at radius 2 is 2.31 bits per heavy atom. The third kappa shape index (κ3) is 1.42. The summed E-state index contributed by atoms with van der Waals surface area (Å²) in [6.07, 6.45) is 1.83. The molecule has 0 bridgehead atoms. The van der Waals surface area contributed by atoms with Gasteiger partial charge in [0, 0.05) is 18.1 Å². The van der Waals surface area contributed by atoms with E-state index in [-0.39, 0.29) is 0 Å². The Kier molecular flexibility index (Phi) is 2.22. The van der Waals surface area contributed by atoms with Gasteiger partial charge in [-0.25, -0.2) is 5.48 Å². The van der Waals surface area contributed by atoms with Crippen molar-refractivity contribution in [3.8, 4) is 0 Å². The van der Waals surface area contributed by atoms with Gasteiger partial charge in [0.2, 0.25) is 0 Å². The molecule has 68 valence electrons. The first-order valence-corrected chi connectivity index (χ1v) is 4.32. The molecule has 3 nitrogen and oxygen atoms in total. The van der Waals surface area contributed by atoms with E-state index >= 15 is 0 Å². The Labute approximate surface area is 80.3 Å². The number of rotatable bonds is 2. The number of fused-ring (bicyclic) bond motifs is 1. The molecule has 0 unspecified atom stereocenters. The Balaban J connectivity index is 2.61. The second-order valence-corrected chi connectivity index (χ2v) is 3.22. The molecule has 3 N–H and O–H groups in total. The van der Waals surface area contributed by atoms with Gasteiger partial charge in [0.25, 0.3) is 0 Å². The fourth-order valence-electron chi connectivity index (χ4n) is 1.41. The second kappa shape index (κ2) is 3.38. The molecule has 0 fully saturated rings. The van der Waals surface area contributed by atoms with Crippen molar-refractivity contribution in [3.05, 3.63) is 35.0 Å². The van der Waals surface area contributed by atoms with Crippen LogP contribution in [0.2, 0.25) is 5.02 Å². The fourth-order valence-corrected chi connectivity index (χ4v) is 1.64. The molecular weight excluding hydrogens is 188 g/mol. The molecular formula is C9H9ClN2O. The second-order valence-electron chi connectivity index (χ2n) is 2.81. The summed E-state index contributed by atoms with van der Waals surface area (Å²) in [6.45, 7) is 0.417. The van der Waals surface area contributed by atoms with Crippen molar-refractivity contribution < 1.29 is 5.21 Å². The summed E-state index contributed by atoms with van der Waals surface area (Å²) in [5, 5.41) is 10.3. The molecule has 0 saturated heterocycles. The number of hydrogen-bond donors (Lipinski definition) is 3. The van der Waals surface area contributed by atoms with Crippen LogP contribution in [0.4, 0.5) is 0 Å². The Morgan fingerprint density at radius 3 is 3.08 bits per heavy atom.